The Balaban J connectivity index is 2.74. The maximum Gasteiger partial charge on any atom is 0.255 e. The zero-order valence-electron chi connectivity index (χ0n) is 9.34. The summed E-state index contributed by atoms with van der Waals surface area (Å²) in [4.78, 5) is 13.0. The number of hydrogen-bond donors (Lipinski definition) is 1. The molecule has 5 heteroatoms. The number of alkyl halides is 2. The van der Waals surface area contributed by atoms with Crippen LogP contribution in [0.25, 0.3) is 0 Å². The molecular weight excluding hydrogens is 202 g/mol. The summed E-state index contributed by atoms with van der Waals surface area (Å²) >= 11 is 0. The fourth-order valence-electron chi connectivity index (χ4n) is 1.90. The van der Waals surface area contributed by atoms with Crippen molar-refractivity contribution < 1.29 is 13.6 Å². The Morgan fingerprint density at radius 2 is 2.07 bits per heavy atom. The lowest BCUT2D eigenvalue weighted by Gasteiger charge is -2.26. The number of carbonyl (C=O) groups excluding carboxylic acids is 1. The lowest BCUT2D eigenvalue weighted by atomic mass is 10.1. The molecule has 1 fully saturated rings. The van der Waals surface area contributed by atoms with Gasteiger partial charge in [0.2, 0.25) is 5.91 Å². The van der Waals surface area contributed by atoms with Crippen LogP contribution in [0.4, 0.5) is 8.78 Å². The van der Waals surface area contributed by atoms with E-state index in [1.807, 2.05) is 20.8 Å². The molecule has 1 saturated heterocycles. The molecule has 0 radical (unpaired) electrons. The van der Waals surface area contributed by atoms with Crippen LogP contribution in [0.5, 0.6) is 0 Å². The summed E-state index contributed by atoms with van der Waals surface area (Å²) in [6.07, 6.45) is -2.08. The third-order valence-electron chi connectivity index (χ3n) is 2.66. The Bertz CT molecular complexity index is 233. The molecule has 2 unspecified atom stereocenters. The minimum Gasteiger partial charge on any atom is -0.320 e. The molecule has 0 aromatic heterocycles. The average Bonchev–Trinajstić information content (AvgIpc) is 2.43. The highest BCUT2D eigenvalue weighted by Gasteiger charge is 2.40. The van der Waals surface area contributed by atoms with E-state index in [0.717, 1.165) is 0 Å². The highest BCUT2D eigenvalue weighted by molar-refractivity contribution is 5.84. The maximum absolute atomic E-state index is 12.3. The third kappa shape index (κ3) is 2.65. The van der Waals surface area contributed by atoms with Crippen LogP contribution in [0.2, 0.25) is 0 Å². The summed E-state index contributed by atoms with van der Waals surface area (Å²) < 4.78 is 24.6. The average molecular weight is 220 g/mol. The summed E-state index contributed by atoms with van der Waals surface area (Å²) in [5.74, 6) is -0.0549. The van der Waals surface area contributed by atoms with Gasteiger partial charge in [-0.1, -0.05) is 20.8 Å². The first-order valence-corrected chi connectivity index (χ1v) is 5.32. The van der Waals surface area contributed by atoms with E-state index in [2.05, 4.69) is 5.32 Å². The minimum absolute atomic E-state index is 0.143. The van der Waals surface area contributed by atoms with Gasteiger partial charge in [0.1, 0.15) is 0 Å². The third-order valence-corrected chi connectivity index (χ3v) is 2.66. The summed E-state index contributed by atoms with van der Waals surface area (Å²) in [7, 11) is 0. The van der Waals surface area contributed by atoms with Gasteiger partial charge in [-0.05, 0) is 12.3 Å². The summed E-state index contributed by atoms with van der Waals surface area (Å²) in [6.45, 7) is 5.24. The van der Waals surface area contributed by atoms with Gasteiger partial charge in [0.25, 0.3) is 6.43 Å². The van der Waals surface area contributed by atoms with Gasteiger partial charge >= 0.3 is 0 Å². The zero-order chi connectivity index (χ0) is 11.6. The number of rotatable bonds is 4. The van der Waals surface area contributed by atoms with Crippen LogP contribution >= 0.6 is 0 Å². The van der Waals surface area contributed by atoms with Gasteiger partial charge in [-0.2, -0.15) is 0 Å². The molecule has 88 valence electrons. The largest absolute Gasteiger partial charge is 0.320 e. The first kappa shape index (κ1) is 12.4. The van der Waals surface area contributed by atoms with Gasteiger partial charge in [0.05, 0.1) is 18.8 Å². The minimum atomic E-state index is -2.47. The molecule has 1 N–H and O–H groups in total. The standard InChI is InChI=1S/C10H18F2N2O/c1-4-7-10(15)14(5-8(11)12)9(13-7)6(2)3/h6-9,13H,4-5H2,1-3H3. The number of hydrogen-bond acceptors (Lipinski definition) is 2. The van der Waals surface area contributed by atoms with E-state index >= 15 is 0 Å². The molecule has 0 spiro atoms. The quantitative estimate of drug-likeness (QED) is 0.777. The Morgan fingerprint density at radius 1 is 1.47 bits per heavy atom. The van der Waals surface area contributed by atoms with E-state index in [1.54, 1.807) is 0 Å². The van der Waals surface area contributed by atoms with Crippen molar-refractivity contribution >= 4 is 5.91 Å². The van der Waals surface area contributed by atoms with E-state index in [1.165, 1.54) is 4.90 Å². The molecule has 0 bridgehead atoms. The van der Waals surface area contributed by atoms with Gasteiger partial charge in [0.15, 0.2) is 0 Å². The van der Waals surface area contributed by atoms with Crippen LogP contribution in [0, 0.1) is 5.92 Å². The number of nitrogens with zero attached hydrogens (tertiary/aromatic N) is 1. The number of nitrogens with one attached hydrogen (secondary N) is 1. The van der Waals surface area contributed by atoms with Crippen molar-refractivity contribution in [1.29, 1.82) is 0 Å². The Kier molecular flexibility index (Phi) is 4.02. The Hall–Kier alpha value is -0.710. The van der Waals surface area contributed by atoms with Gasteiger partial charge in [-0.15, -0.1) is 0 Å². The summed E-state index contributed by atoms with van der Waals surface area (Å²) in [5.41, 5.74) is 0. The van der Waals surface area contributed by atoms with E-state index in [4.69, 9.17) is 0 Å². The molecule has 3 nitrogen and oxygen atoms in total. The first-order valence-electron chi connectivity index (χ1n) is 5.32. The lowest BCUT2D eigenvalue weighted by molar-refractivity contribution is -0.132. The molecule has 0 aromatic carbocycles. The molecule has 1 amide bonds. The second kappa shape index (κ2) is 4.88. The van der Waals surface area contributed by atoms with Crippen LogP contribution in [-0.4, -0.2) is 36.0 Å². The predicted molar refractivity (Wildman–Crippen MR) is 53.6 cm³/mol. The van der Waals surface area contributed by atoms with Crippen LogP contribution in [-0.2, 0) is 4.79 Å². The molecule has 0 saturated carbocycles. The van der Waals surface area contributed by atoms with Gasteiger partial charge in [-0.3, -0.25) is 10.1 Å². The maximum atomic E-state index is 12.3. The fourth-order valence-corrected chi connectivity index (χ4v) is 1.90. The van der Waals surface area contributed by atoms with Crippen molar-refractivity contribution in [3.05, 3.63) is 0 Å². The first-order chi connectivity index (χ1) is 6.97. The molecule has 2 atom stereocenters. The van der Waals surface area contributed by atoms with Gasteiger partial charge < -0.3 is 4.90 Å². The van der Waals surface area contributed by atoms with E-state index in [0.29, 0.717) is 6.42 Å². The van der Waals surface area contributed by atoms with Crippen molar-refractivity contribution in [3.8, 4) is 0 Å². The second-order valence-electron chi connectivity index (χ2n) is 4.20. The van der Waals surface area contributed by atoms with Crippen LogP contribution in [0.3, 0.4) is 0 Å². The molecule has 15 heavy (non-hydrogen) atoms. The Morgan fingerprint density at radius 3 is 2.47 bits per heavy atom. The van der Waals surface area contributed by atoms with Crippen LogP contribution in [0.1, 0.15) is 27.2 Å². The van der Waals surface area contributed by atoms with Gasteiger partial charge in [-0.25, -0.2) is 8.78 Å². The molecule has 0 aliphatic carbocycles. The molecular formula is C10H18F2N2O. The topological polar surface area (TPSA) is 32.3 Å². The summed E-state index contributed by atoms with van der Waals surface area (Å²) in [6, 6.07) is -0.295. The van der Waals surface area contributed by atoms with E-state index in [-0.39, 0.29) is 24.0 Å². The highest BCUT2D eigenvalue weighted by Crippen LogP contribution is 2.20. The predicted octanol–water partition coefficient (Wildman–Crippen LogP) is 1.44. The number of carbonyl (C=O) groups is 1. The lowest BCUT2D eigenvalue weighted by Crippen LogP contribution is -2.43. The van der Waals surface area contributed by atoms with E-state index < -0.39 is 13.0 Å². The van der Waals surface area contributed by atoms with Crippen LogP contribution < -0.4 is 5.32 Å². The normalized spacial score (nSPS) is 27.1. The van der Waals surface area contributed by atoms with Crippen molar-refractivity contribution in [3.63, 3.8) is 0 Å². The zero-order valence-corrected chi connectivity index (χ0v) is 9.34. The van der Waals surface area contributed by atoms with E-state index in [9.17, 15) is 13.6 Å². The molecule has 1 aliphatic rings. The monoisotopic (exact) mass is 220 g/mol. The highest BCUT2D eigenvalue weighted by atomic mass is 19.3. The van der Waals surface area contributed by atoms with Crippen molar-refractivity contribution in [2.45, 2.75) is 45.8 Å². The Labute approximate surface area is 88.8 Å². The molecule has 0 aromatic rings. The van der Waals surface area contributed by atoms with Crippen molar-refractivity contribution in [2.75, 3.05) is 6.54 Å². The number of halogens is 2. The summed E-state index contributed by atoms with van der Waals surface area (Å²) in [5, 5.41) is 3.09. The van der Waals surface area contributed by atoms with Crippen molar-refractivity contribution in [2.24, 2.45) is 5.92 Å². The van der Waals surface area contributed by atoms with Gasteiger partial charge in [0, 0.05) is 0 Å². The molecule has 1 aliphatic heterocycles. The molecule has 1 heterocycles. The smallest absolute Gasteiger partial charge is 0.255 e. The van der Waals surface area contributed by atoms with Crippen LogP contribution in [0.15, 0.2) is 0 Å². The number of amides is 1. The second-order valence-corrected chi connectivity index (χ2v) is 4.20. The van der Waals surface area contributed by atoms with Crippen molar-refractivity contribution in [1.82, 2.24) is 10.2 Å². The SMILES string of the molecule is CCC1NC(C(C)C)N(CC(F)F)C1=O. The fraction of sp³-hybridized carbons (Fsp3) is 0.900. The molecule has 1 rings (SSSR count).